The molecule has 0 spiro atoms. The van der Waals surface area contributed by atoms with E-state index in [0.29, 0.717) is 18.8 Å². The monoisotopic (exact) mass is 481 g/mol. The van der Waals surface area contributed by atoms with Gasteiger partial charge in [-0.2, -0.15) is 0 Å². The van der Waals surface area contributed by atoms with Gasteiger partial charge in [0.1, 0.15) is 0 Å². The highest BCUT2D eigenvalue weighted by Gasteiger charge is 2.34. The largest absolute Gasteiger partial charge is 0.481 e. The summed E-state index contributed by atoms with van der Waals surface area (Å²) >= 11 is 0. The summed E-state index contributed by atoms with van der Waals surface area (Å²) in [5, 5.41) is 12.8. The van der Waals surface area contributed by atoms with Crippen molar-refractivity contribution in [2.75, 3.05) is 17.3 Å². The summed E-state index contributed by atoms with van der Waals surface area (Å²) in [5.74, 6) is -1.30. The first kappa shape index (κ1) is 23.1. The Labute approximate surface area is 201 Å². The van der Waals surface area contributed by atoms with E-state index in [1.807, 2.05) is 23.6 Å². The van der Waals surface area contributed by atoms with Crippen molar-refractivity contribution in [3.05, 3.63) is 42.0 Å². The Bertz CT molecular complexity index is 1290. The van der Waals surface area contributed by atoms with E-state index in [1.54, 1.807) is 4.90 Å². The van der Waals surface area contributed by atoms with Crippen LogP contribution in [0.5, 0.6) is 0 Å². The number of rotatable bonds is 4. The Kier molecular flexibility index (Phi) is 6.04. The summed E-state index contributed by atoms with van der Waals surface area (Å²) in [7, 11) is 1.36. The van der Waals surface area contributed by atoms with Crippen molar-refractivity contribution in [3.63, 3.8) is 0 Å². The zero-order valence-corrected chi connectivity index (χ0v) is 19.7. The van der Waals surface area contributed by atoms with E-state index in [0.717, 1.165) is 54.2 Å². The van der Waals surface area contributed by atoms with Crippen molar-refractivity contribution in [2.45, 2.75) is 57.5 Å². The van der Waals surface area contributed by atoms with Gasteiger partial charge in [-0.1, -0.05) is 6.42 Å². The van der Waals surface area contributed by atoms with Gasteiger partial charge in [0, 0.05) is 23.8 Å². The number of halogens is 1. The van der Waals surface area contributed by atoms with E-state index in [9.17, 15) is 19.1 Å². The standard InChI is InChI=1S/C25H28FN5O4/c1-14-6-7-17-20(30(14)25(34)35-2)8-9-21-22(17)29-24(28-19-10-11-27-13-18(19)26)31(21)16-5-3-4-15(12-16)23(32)33/h8-11,13-16H,3-7,12H2,1-2H3,(H,32,33)(H,27,28,29)/t14?,15-,16-/m1/s1. The molecule has 9 nitrogen and oxygen atoms in total. The van der Waals surface area contributed by atoms with E-state index in [-0.39, 0.29) is 17.8 Å². The lowest BCUT2D eigenvalue weighted by Crippen LogP contribution is -2.42. The third-order valence-corrected chi connectivity index (χ3v) is 7.21. The van der Waals surface area contributed by atoms with Gasteiger partial charge in [0.2, 0.25) is 5.95 Å². The quantitative estimate of drug-likeness (QED) is 0.537. The van der Waals surface area contributed by atoms with Crippen LogP contribution in [0.25, 0.3) is 11.0 Å². The Morgan fingerprint density at radius 2 is 2.06 bits per heavy atom. The molecule has 2 aromatic heterocycles. The molecule has 3 atom stereocenters. The summed E-state index contributed by atoms with van der Waals surface area (Å²) in [5.41, 5.74) is 3.46. The zero-order valence-electron chi connectivity index (χ0n) is 19.7. The maximum Gasteiger partial charge on any atom is 0.414 e. The van der Waals surface area contributed by atoms with Gasteiger partial charge < -0.3 is 19.7 Å². The summed E-state index contributed by atoms with van der Waals surface area (Å²) < 4.78 is 21.5. The normalized spacial score (nSPS) is 22.0. The first-order valence-electron chi connectivity index (χ1n) is 11.9. The smallest absolute Gasteiger partial charge is 0.414 e. The fraction of sp³-hybridized carbons (Fsp3) is 0.440. The number of aromatic nitrogens is 3. The average molecular weight is 482 g/mol. The number of hydrogen-bond donors (Lipinski definition) is 2. The third-order valence-electron chi connectivity index (χ3n) is 7.21. The molecule has 0 bridgehead atoms. The Hall–Kier alpha value is -3.69. The summed E-state index contributed by atoms with van der Waals surface area (Å²) in [6.07, 6.45) is 6.37. The minimum atomic E-state index is -0.797. The number of carboxylic acids is 1. The van der Waals surface area contributed by atoms with Crippen LogP contribution < -0.4 is 10.2 Å². The molecule has 1 unspecified atom stereocenters. The van der Waals surface area contributed by atoms with Gasteiger partial charge in [0.25, 0.3) is 0 Å². The third kappa shape index (κ3) is 4.06. The number of amides is 1. The average Bonchev–Trinajstić information content (AvgIpc) is 3.23. The van der Waals surface area contributed by atoms with Crippen LogP contribution in [0.2, 0.25) is 0 Å². The predicted molar refractivity (Wildman–Crippen MR) is 129 cm³/mol. The fourth-order valence-electron chi connectivity index (χ4n) is 5.45. The Balaban J connectivity index is 1.67. The number of methoxy groups -OCH3 is 1. The van der Waals surface area contributed by atoms with Gasteiger partial charge in [-0.15, -0.1) is 0 Å². The summed E-state index contributed by atoms with van der Waals surface area (Å²) in [4.78, 5) is 34.6. The lowest BCUT2D eigenvalue weighted by molar-refractivity contribution is -0.143. The molecule has 2 aliphatic rings. The summed E-state index contributed by atoms with van der Waals surface area (Å²) in [6.45, 7) is 1.98. The topological polar surface area (TPSA) is 110 Å². The van der Waals surface area contributed by atoms with Crippen molar-refractivity contribution in [1.82, 2.24) is 14.5 Å². The number of fused-ring (bicyclic) bond motifs is 3. The maximum absolute atomic E-state index is 14.5. The Morgan fingerprint density at radius 3 is 2.80 bits per heavy atom. The molecule has 5 rings (SSSR count). The molecule has 1 aliphatic carbocycles. The van der Waals surface area contributed by atoms with Gasteiger partial charge in [-0.25, -0.2) is 14.2 Å². The Morgan fingerprint density at radius 1 is 1.23 bits per heavy atom. The number of benzene rings is 1. The van der Waals surface area contributed by atoms with E-state index < -0.39 is 23.8 Å². The molecular weight excluding hydrogens is 453 g/mol. The second-order valence-electron chi connectivity index (χ2n) is 9.30. The molecule has 1 fully saturated rings. The highest BCUT2D eigenvalue weighted by molar-refractivity contribution is 5.96. The van der Waals surface area contributed by atoms with Crippen LogP contribution in [-0.2, 0) is 16.0 Å². The molecule has 10 heteroatoms. The summed E-state index contributed by atoms with van der Waals surface area (Å²) in [6, 6.07) is 5.22. The van der Waals surface area contributed by atoms with Crippen LogP contribution in [0.1, 0.15) is 50.6 Å². The van der Waals surface area contributed by atoms with Crippen molar-refractivity contribution in [3.8, 4) is 0 Å². The number of imidazole rings is 1. The molecule has 3 aromatic rings. The number of aliphatic carboxylic acids is 1. The van der Waals surface area contributed by atoms with Crippen molar-refractivity contribution >= 4 is 40.4 Å². The number of nitrogens with zero attached hydrogens (tertiary/aromatic N) is 4. The molecule has 1 amide bonds. The van der Waals surface area contributed by atoms with Gasteiger partial charge in [0.15, 0.2) is 5.82 Å². The molecule has 0 radical (unpaired) electrons. The number of pyridine rings is 1. The van der Waals surface area contributed by atoms with Crippen LogP contribution in [-0.4, -0.2) is 44.9 Å². The SMILES string of the molecule is COC(=O)N1c2ccc3c(nc(Nc4ccncc4F)n3[C@@H]3CCC[C@@H](C(=O)O)C3)c2CCC1C. The molecule has 35 heavy (non-hydrogen) atoms. The molecule has 0 saturated heterocycles. The number of ether oxygens (including phenoxy) is 1. The zero-order chi connectivity index (χ0) is 24.7. The van der Waals surface area contributed by atoms with Crippen molar-refractivity contribution < 1.29 is 23.8 Å². The maximum atomic E-state index is 14.5. The van der Waals surface area contributed by atoms with E-state index >= 15 is 0 Å². The van der Waals surface area contributed by atoms with Gasteiger partial charge >= 0.3 is 12.1 Å². The minimum absolute atomic E-state index is 0.0207. The molecule has 3 heterocycles. The fourth-order valence-corrected chi connectivity index (χ4v) is 5.45. The van der Waals surface area contributed by atoms with Crippen LogP contribution in [0.15, 0.2) is 30.6 Å². The van der Waals surface area contributed by atoms with E-state index in [4.69, 9.17) is 9.72 Å². The lowest BCUT2D eigenvalue weighted by atomic mass is 9.85. The number of anilines is 3. The highest BCUT2D eigenvalue weighted by atomic mass is 19.1. The number of carbonyl (C=O) groups excluding carboxylic acids is 1. The first-order chi connectivity index (χ1) is 16.9. The number of carbonyl (C=O) groups is 2. The lowest BCUT2D eigenvalue weighted by Gasteiger charge is -2.34. The molecular formula is C25H28FN5O4. The highest BCUT2D eigenvalue weighted by Crippen LogP contribution is 2.42. The van der Waals surface area contributed by atoms with Gasteiger partial charge in [0.05, 0.1) is 41.6 Å². The molecule has 184 valence electrons. The minimum Gasteiger partial charge on any atom is -0.481 e. The molecule has 1 aromatic carbocycles. The molecule has 1 aliphatic heterocycles. The number of hydrogen-bond acceptors (Lipinski definition) is 6. The van der Waals surface area contributed by atoms with Crippen molar-refractivity contribution in [1.29, 1.82) is 0 Å². The van der Waals surface area contributed by atoms with Crippen molar-refractivity contribution in [2.24, 2.45) is 5.92 Å². The van der Waals surface area contributed by atoms with Gasteiger partial charge in [-0.05, 0) is 57.2 Å². The van der Waals surface area contributed by atoms with E-state index in [2.05, 4.69) is 10.3 Å². The van der Waals surface area contributed by atoms with Crippen LogP contribution in [0.4, 0.5) is 26.5 Å². The molecule has 2 N–H and O–H groups in total. The van der Waals surface area contributed by atoms with Gasteiger partial charge in [-0.3, -0.25) is 14.7 Å². The van der Waals surface area contributed by atoms with E-state index in [1.165, 1.54) is 19.4 Å². The molecule has 1 saturated carbocycles. The second-order valence-corrected chi connectivity index (χ2v) is 9.30. The predicted octanol–water partition coefficient (Wildman–Crippen LogP) is 5.04. The number of carboxylic acid groups (broad SMARTS) is 1. The van der Waals surface area contributed by atoms with Crippen LogP contribution in [0.3, 0.4) is 0 Å². The second kappa shape index (κ2) is 9.16. The first-order valence-corrected chi connectivity index (χ1v) is 11.9. The van der Waals surface area contributed by atoms with Crippen LogP contribution in [0, 0.1) is 11.7 Å². The number of nitrogens with one attached hydrogen (secondary N) is 1. The number of aryl methyl sites for hydroxylation is 1. The van der Waals surface area contributed by atoms with Crippen LogP contribution >= 0.6 is 0 Å².